The number of aryl methyl sites for hydroxylation is 1. The Balaban J connectivity index is 2.25. The predicted molar refractivity (Wildman–Crippen MR) is 76.3 cm³/mol. The highest BCUT2D eigenvalue weighted by atomic mass is 35.5. The van der Waals surface area contributed by atoms with Gasteiger partial charge in [0.2, 0.25) is 0 Å². The highest BCUT2D eigenvalue weighted by molar-refractivity contribution is 6.35. The van der Waals surface area contributed by atoms with Crippen molar-refractivity contribution < 1.29 is 9.50 Å². The van der Waals surface area contributed by atoms with Gasteiger partial charge in [-0.3, -0.25) is 0 Å². The van der Waals surface area contributed by atoms with Gasteiger partial charge in [-0.1, -0.05) is 35.3 Å². The minimum atomic E-state index is -0.797. The molecule has 0 aliphatic rings. The third-order valence-corrected chi connectivity index (χ3v) is 3.62. The van der Waals surface area contributed by atoms with Crippen molar-refractivity contribution in [3.63, 3.8) is 0 Å². The molecule has 0 aromatic heterocycles. The average molecular weight is 299 g/mol. The molecule has 0 amide bonds. The summed E-state index contributed by atoms with van der Waals surface area (Å²) >= 11 is 11.9. The van der Waals surface area contributed by atoms with Crippen LogP contribution in [-0.4, -0.2) is 5.11 Å². The Morgan fingerprint density at radius 2 is 1.89 bits per heavy atom. The van der Waals surface area contributed by atoms with Crippen molar-refractivity contribution in [2.45, 2.75) is 19.4 Å². The Kier molecular flexibility index (Phi) is 4.46. The molecule has 0 aliphatic heterocycles. The normalized spacial score (nSPS) is 12.5. The number of halogens is 3. The van der Waals surface area contributed by atoms with Crippen molar-refractivity contribution in [2.75, 3.05) is 0 Å². The number of aliphatic hydroxyl groups is 1. The minimum absolute atomic E-state index is 0.320. The SMILES string of the molecule is Cc1ccc(F)cc1C(O)Cc1ccc(Cl)cc1Cl. The number of hydrogen-bond donors (Lipinski definition) is 1. The van der Waals surface area contributed by atoms with Crippen molar-refractivity contribution >= 4 is 23.2 Å². The Hall–Kier alpha value is -1.09. The van der Waals surface area contributed by atoms with E-state index in [0.29, 0.717) is 22.0 Å². The molecule has 4 heteroatoms. The lowest BCUT2D eigenvalue weighted by molar-refractivity contribution is 0.177. The van der Waals surface area contributed by atoms with Gasteiger partial charge in [0, 0.05) is 16.5 Å². The van der Waals surface area contributed by atoms with Crippen LogP contribution < -0.4 is 0 Å². The van der Waals surface area contributed by atoms with E-state index in [9.17, 15) is 9.50 Å². The van der Waals surface area contributed by atoms with Crippen LogP contribution in [0.2, 0.25) is 10.0 Å². The molecule has 1 nitrogen and oxygen atoms in total. The molecule has 0 heterocycles. The van der Waals surface area contributed by atoms with Crippen LogP contribution >= 0.6 is 23.2 Å². The number of aliphatic hydroxyl groups excluding tert-OH is 1. The fraction of sp³-hybridized carbons (Fsp3) is 0.200. The van der Waals surface area contributed by atoms with E-state index in [-0.39, 0.29) is 5.82 Å². The second-order valence-electron chi connectivity index (χ2n) is 4.46. The summed E-state index contributed by atoms with van der Waals surface area (Å²) in [5.74, 6) is -0.359. The van der Waals surface area contributed by atoms with Crippen LogP contribution in [0.1, 0.15) is 22.8 Å². The van der Waals surface area contributed by atoms with E-state index in [1.807, 2.05) is 6.92 Å². The van der Waals surface area contributed by atoms with E-state index in [0.717, 1.165) is 11.1 Å². The van der Waals surface area contributed by atoms with Crippen LogP contribution in [0.25, 0.3) is 0 Å². The summed E-state index contributed by atoms with van der Waals surface area (Å²) in [6, 6.07) is 9.49. The van der Waals surface area contributed by atoms with Gasteiger partial charge in [0.1, 0.15) is 5.82 Å². The Morgan fingerprint density at radius 3 is 2.58 bits per heavy atom. The second-order valence-corrected chi connectivity index (χ2v) is 5.30. The zero-order valence-electron chi connectivity index (χ0n) is 10.3. The van der Waals surface area contributed by atoms with Crippen molar-refractivity contribution in [3.8, 4) is 0 Å². The first-order chi connectivity index (χ1) is 8.97. The van der Waals surface area contributed by atoms with E-state index >= 15 is 0 Å². The van der Waals surface area contributed by atoms with Crippen LogP contribution in [0.4, 0.5) is 4.39 Å². The molecule has 2 aromatic carbocycles. The summed E-state index contributed by atoms with van der Waals surface area (Å²) in [6.07, 6.45) is -0.477. The first kappa shape index (κ1) is 14.3. The molecule has 0 bridgehead atoms. The summed E-state index contributed by atoms with van der Waals surface area (Å²) < 4.78 is 13.2. The molecule has 19 heavy (non-hydrogen) atoms. The summed E-state index contributed by atoms with van der Waals surface area (Å²) in [5.41, 5.74) is 2.20. The smallest absolute Gasteiger partial charge is 0.123 e. The Bertz CT molecular complexity index is 599. The Morgan fingerprint density at radius 1 is 1.16 bits per heavy atom. The van der Waals surface area contributed by atoms with Gasteiger partial charge in [0.15, 0.2) is 0 Å². The molecule has 100 valence electrons. The highest BCUT2D eigenvalue weighted by Gasteiger charge is 2.14. The maximum atomic E-state index is 13.2. The van der Waals surface area contributed by atoms with Gasteiger partial charge in [-0.05, 0) is 47.9 Å². The van der Waals surface area contributed by atoms with Gasteiger partial charge >= 0.3 is 0 Å². The van der Waals surface area contributed by atoms with Crippen molar-refractivity contribution in [1.29, 1.82) is 0 Å². The molecular formula is C15H13Cl2FO. The van der Waals surface area contributed by atoms with E-state index < -0.39 is 6.10 Å². The molecule has 1 unspecified atom stereocenters. The van der Waals surface area contributed by atoms with Gasteiger partial charge in [-0.2, -0.15) is 0 Å². The third-order valence-electron chi connectivity index (χ3n) is 3.03. The Labute approximate surface area is 121 Å². The van der Waals surface area contributed by atoms with Crippen LogP contribution in [-0.2, 0) is 6.42 Å². The predicted octanol–water partition coefficient (Wildman–Crippen LogP) is 4.72. The topological polar surface area (TPSA) is 20.2 Å². The maximum absolute atomic E-state index is 13.2. The molecule has 1 N–H and O–H groups in total. The zero-order valence-corrected chi connectivity index (χ0v) is 11.8. The molecule has 2 rings (SSSR count). The summed E-state index contributed by atoms with van der Waals surface area (Å²) in [6.45, 7) is 1.83. The fourth-order valence-electron chi connectivity index (χ4n) is 1.98. The molecule has 1 atom stereocenters. The van der Waals surface area contributed by atoms with Crippen molar-refractivity contribution in [3.05, 3.63) is 69.0 Å². The molecule has 0 radical (unpaired) electrons. The van der Waals surface area contributed by atoms with E-state index in [4.69, 9.17) is 23.2 Å². The van der Waals surface area contributed by atoms with E-state index in [2.05, 4.69) is 0 Å². The number of benzene rings is 2. The first-order valence-electron chi connectivity index (χ1n) is 5.85. The third kappa shape index (κ3) is 3.47. The lowest BCUT2D eigenvalue weighted by atomic mass is 9.97. The molecule has 0 spiro atoms. The fourth-order valence-corrected chi connectivity index (χ4v) is 2.46. The van der Waals surface area contributed by atoms with Crippen LogP contribution in [0, 0.1) is 12.7 Å². The minimum Gasteiger partial charge on any atom is -0.388 e. The quantitative estimate of drug-likeness (QED) is 0.869. The van der Waals surface area contributed by atoms with Gasteiger partial charge in [0.25, 0.3) is 0 Å². The lowest BCUT2D eigenvalue weighted by Gasteiger charge is -2.15. The lowest BCUT2D eigenvalue weighted by Crippen LogP contribution is -2.05. The second kappa shape index (κ2) is 5.91. The van der Waals surface area contributed by atoms with Gasteiger partial charge in [-0.15, -0.1) is 0 Å². The van der Waals surface area contributed by atoms with Gasteiger partial charge < -0.3 is 5.11 Å². The first-order valence-corrected chi connectivity index (χ1v) is 6.61. The van der Waals surface area contributed by atoms with E-state index in [1.165, 1.54) is 12.1 Å². The summed E-state index contributed by atoms with van der Waals surface area (Å²) in [7, 11) is 0. The van der Waals surface area contributed by atoms with Crippen LogP contribution in [0.3, 0.4) is 0 Å². The summed E-state index contributed by atoms with van der Waals surface area (Å²) in [4.78, 5) is 0. The van der Waals surface area contributed by atoms with Crippen LogP contribution in [0.15, 0.2) is 36.4 Å². The largest absolute Gasteiger partial charge is 0.388 e. The molecule has 0 fully saturated rings. The van der Waals surface area contributed by atoms with Gasteiger partial charge in [-0.25, -0.2) is 4.39 Å². The van der Waals surface area contributed by atoms with E-state index in [1.54, 1.807) is 24.3 Å². The molecular weight excluding hydrogens is 286 g/mol. The highest BCUT2D eigenvalue weighted by Crippen LogP contribution is 2.27. The average Bonchev–Trinajstić information content (AvgIpc) is 2.35. The molecule has 0 saturated heterocycles. The van der Waals surface area contributed by atoms with Crippen molar-refractivity contribution in [2.24, 2.45) is 0 Å². The molecule has 2 aromatic rings. The number of hydrogen-bond acceptors (Lipinski definition) is 1. The number of rotatable bonds is 3. The zero-order chi connectivity index (χ0) is 14.0. The summed E-state index contributed by atoms with van der Waals surface area (Å²) in [5, 5.41) is 11.3. The monoisotopic (exact) mass is 298 g/mol. The van der Waals surface area contributed by atoms with Crippen molar-refractivity contribution in [1.82, 2.24) is 0 Å². The van der Waals surface area contributed by atoms with Crippen LogP contribution in [0.5, 0.6) is 0 Å². The molecule has 0 aliphatic carbocycles. The molecule has 0 saturated carbocycles. The maximum Gasteiger partial charge on any atom is 0.123 e. The standard InChI is InChI=1S/C15H13Cl2FO/c1-9-2-5-12(18)8-13(9)15(19)6-10-3-4-11(16)7-14(10)17/h2-5,7-8,15,19H,6H2,1H3. The van der Waals surface area contributed by atoms with Gasteiger partial charge in [0.05, 0.1) is 6.10 Å².